The number of hydrogen-bond donors (Lipinski definition) is 0. The number of nitrogens with zero attached hydrogens (tertiary/aromatic N) is 3. The highest BCUT2D eigenvalue weighted by atomic mass is 16.5. The van der Waals surface area contributed by atoms with Crippen LogP contribution >= 0.6 is 0 Å². The standard InChI is InChI=1S/C19H25N3O3/c1-15(21-13-9-16(10-14-21)19(24)25-2)18(23)22(12-6-11-20)17-7-4-3-5-8-17/h3-5,7-8,15-16H,6,9-10,12-14H2,1-2H3. The van der Waals surface area contributed by atoms with E-state index in [9.17, 15) is 9.59 Å². The second-order valence-electron chi connectivity index (χ2n) is 6.24. The van der Waals surface area contributed by atoms with E-state index in [4.69, 9.17) is 10.00 Å². The van der Waals surface area contributed by atoms with Gasteiger partial charge >= 0.3 is 5.97 Å². The molecule has 0 bridgehead atoms. The zero-order chi connectivity index (χ0) is 18.2. The van der Waals surface area contributed by atoms with Crippen molar-refractivity contribution in [3.05, 3.63) is 30.3 Å². The fraction of sp³-hybridized carbons (Fsp3) is 0.526. The summed E-state index contributed by atoms with van der Waals surface area (Å²) in [5, 5.41) is 8.89. The lowest BCUT2D eigenvalue weighted by molar-refractivity contribution is -0.147. The monoisotopic (exact) mass is 343 g/mol. The van der Waals surface area contributed by atoms with Gasteiger partial charge in [0.2, 0.25) is 5.91 Å². The molecule has 1 fully saturated rings. The molecule has 1 atom stereocenters. The molecule has 0 spiro atoms. The Hall–Kier alpha value is -2.39. The summed E-state index contributed by atoms with van der Waals surface area (Å²) in [6, 6.07) is 11.2. The third-order valence-corrected chi connectivity index (χ3v) is 4.75. The molecule has 1 aliphatic rings. The van der Waals surface area contributed by atoms with Crippen molar-refractivity contribution in [2.75, 3.05) is 31.6 Å². The molecule has 6 nitrogen and oxygen atoms in total. The van der Waals surface area contributed by atoms with E-state index < -0.39 is 0 Å². The minimum Gasteiger partial charge on any atom is -0.469 e. The number of anilines is 1. The van der Waals surface area contributed by atoms with Crippen LogP contribution in [0, 0.1) is 17.2 Å². The van der Waals surface area contributed by atoms with Crippen LogP contribution in [-0.4, -0.2) is 49.6 Å². The Labute approximate surface area is 149 Å². The number of piperidine rings is 1. The molecule has 0 aliphatic carbocycles. The normalized spacial score (nSPS) is 16.7. The Morgan fingerprint density at radius 1 is 1.32 bits per heavy atom. The molecule has 0 radical (unpaired) electrons. The third-order valence-electron chi connectivity index (χ3n) is 4.75. The lowest BCUT2D eigenvalue weighted by Gasteiger charge is -2.36. The van der Waals surface area contributed by atoms with E-state index in [-0.39, 0.29) is 30.3 Å². The van der Waals surface area contributed by atoms with Crippen molar-refractivity contribution in [1.29, 1.82) is 5.26 Å². The van der Waals surface area contributed by atoms with Crippen molar-refractivity contribution in [2.24, 2.45) is 5.92 Å². The highest BCUT2D eigenvalue weighted by Gasteiger charge is 2.32. The molecule has 25 heavy (non-hydrogen) atoms. The maximum absolute atomic E-state index is 13.0. The summed E-state index contributed by atoms with van der Waals surface area (Å²) in [4.78, 5) is 28.4. The first-order valence-corrected chi connectivity index (χ1v) is 8.63. The molecule has 1 aliphatic heterocycles. The number of esters is 1. The summed E-state index contributed by atoms with van der Waals surface area (Å²) < 4.78 is 4.81. The van der Waals surface area contributed by atoms with Crippen LogP contribution in [0.25, 0.3) is 0 Å². The van der Waals surface area contributed by atoms with Gasteiger partial charge in [-0.25, -0.2) is 0 Å². The Bertz CT molecular complexity index is 619. The van der Waals surface area contributed by atoms with Crippen LogP contribution in [0.5, 0.6) is 0 Å². The number of carbonyl (C=O) groups is 2. The first-order valence-electron chi connectivity index (χ1n) is 8.63. The maximum Gasteiger partial charge on any atom is 0.308 e. The Morgan fingerprint density at radius 2 is 1.96 bits per heavy atom. The zero-order valence-corrected chi connectivity index (χ0v) is 14.9. The molecule has 1 aromatic carbocycles. The number of methoxy groups -OCH3 is 1. The van der Waals surface area contributed by atoms with Crippen molar-refractivity contribution in [2.45, 2.75) is 32.2 Å². The average molecular weight is 343 g/mol. The van der Waals surface area contributed by atoms with E-state index in [0.717, 1.165) is 5.69 Å². The van der Waals surface area contributed by atoms with E-state index in [0.29, 0.717) is 32.5 Å². The molecule has 1 aromatic rings. The van der Waals surface area contributed by atoms with Gasteiger partial charge in [-0.3, -0.25) is 14.5 Å². The van der Waals surface area contributed by atoms with Gasteiger partial charge in [0.05, 0.1) is 31.6 Å². The van der Waals surface area contributed by atoms with Gasteiger partial charge in [0.15, 0.2) is 0 Å². The summed E-state index contributed by atoms with van der Waals surface area (Å²) in [5.41, 5.74) is 0.805. The Balaban J connectivity index is 2.04. The lowest BCUT2D eigenvalue weighted by atomic mass is 9.96. The topological polar surface area (TPSA) is 73.6 Å². The minimum absolute atomic E-state index is 0.0158. The first-order chi connectivity index (χ1) is 12.1. The van der Waals surface area contributed by atoms with Crippen LogP contribution in [0.2, 0.25) is 0 Å². The number of hydrogen-bond acceptors (Lipinski definition) is 5. The quantitative estimate of drug-likeness (QED) is 0.741. The van der Waals surface area contributed by atoms with E-state index in [2.05, 4.69) is 11.0 Å². The molecule has 0 aromatic heterocycles. The SMILES string of the molecule is COC(=O)C1CCN(C(C)C(=O)N(CCC#N)c2ccccc2)CC1. The first kappa shape index (κ1) is 18.9. The van der Waals surface area contributed by atoms with Gasteiger partial charge in [-0.1, -0.05) is 18.2 Å². The number of carbonyl (C=O) groups excluding carboxylic acids is 2. The molecule has 2 rings (SSSR count). The molecular formula is C19H25N3O3. The smallest absolute Gasteiger partial charge is 0.308 e. The summed E-state index contributed by atoms with van der Waals surface area (Å²) in [7, 11) is 1.41. The molecule has 1 unspecified atom stereocenters. The number of rotatable bonds is 6. The predicted molar refractivity (Wildman–Crippen MR) is 94.8 cm³/mol. The van der Waals surface area contributed by atoms with Crippen LogP contribution in [0.15, 0.2) is 30.3 Å². The van der Waals surface area contributed by atoms with Gasteiger partial charge in [-0.15, -0.1) is 0 Å². The number of para-hydroxylation sites is 1. The third kappa shape index (κ3) is 4.80. The zero-order valence-electron chi connectivity index (χ0n) is 14.9. The van der Waals surface area contributed by atoms with E-state index >= 15 is 0 Å². The summed E-state index contributed by atoms with van der Waals surface area (Å²) in [6.45, 7) is 3.65. The molecule has 1 amide bonds. The largest absolute Gasteiger partial charge is 0.469 e. The second kappa shape index (κ2) is 9.19. The Morgan fingerprint density at radius 3 is 2.52 bits per heavy atom. The van der Waals surface area contributed by atoms with Gasteiger partial charge in [-0.2, -0.15) is 5.26 Å². The van der Waals surface area contributed by atoms with Crippen LogP contribution in [0.1, 0.15) is 26.2 Å². The van der Waals surface area contributed by atoms with Crippen molar-refractivity contribution in [1.82, 2.24) is 4.90 Å². The number of amides is 1. The number of benzene rings is 1. The highest BCUT2D eigenvalue weighted by Crippen LogP contribution is 2.22. The van der Waals surface area contributed by atoms with Crippen molar-refractivity contribution >= 4 is 17.6 Å². The summed E-state index contributed by atoms with van der Waals surface area (Å²) >= 11 is 0. The summed E-state index contributed by atoms with van der Waals surface area (Å²) in [5.74, 6) is -0.260. The summed E-state index contributed by atoms with van der Waals surface area (Å²) in [6.07, 6.45) is 1.69. The van der Waals surface area contributed by atoms with Crippen LogP contribution in [0.3, 0.4) is 0 Å². The van der Waals surface area contributed by atoms with Crippen molar-refractivity contribution < 1.29 is 14.3 Å². The predicted octanol–water partition coefficient (Wildman–Crippen LogP) is 2.21. The highest BCUT2D eigenvalue weighted by molar-refractivity contribution is 5.97. The molecule has 6 heteroatoms. The molecule has 0 saturated carbocycles. The van der Waals surface area contributed by atoms with Crippen molar-refractivity contribution in [3.63, 3.8) is 0 Å². The lowest BCUT2D eigenvalue weighted by Crippen LogP contribution is -2.50. The average Bonchev–Trinajstić information content (AvgIpc) is 2.67. The minimum atomic E-state index is -0.294. The molecule has 0 N–H and O–H groups in total. The van der Waals surface area contributed by atoms with Crippen LogP contribution < -0.4 is 4.90 Å². The van der Waals surface area contributed by atoms with E-state index in [1.165, 1.54) is 7.11 Å². The Kier molecular flexibility index (Phi) is 6.96. The van der Waals surface area contributed by atoms with E-state index in [1.807, 2.05) is 37.3 Å². The molecule has 134 valence electrons. The molecule has 1 heterocycles. The van der Waals surface area contributed by atoms with Gasteiger partial charge in [0.1, 0.15) is 0 Å². The fourth-order valence-corrected chi connectivity index (χ4v) is 3.21. The molecule has 1 saturated heterocycles. The van der Waals surface area contributed by atoms with Crippen molar-refractivity contribution in [3.8, 4) is 6.07 Å². The van der Waals surface area contributed by atoms with Gasteiger partial charge in [0.25, 0.3) is 0 Å². The fourth-order valence-electron chi connectivity index (χ4n) is 3.21. The number of likely N-dealkylation sites (tertiary alicyclic amines) is 1. The molecular weight excluding hydrogens is 318 g/mol. The second-order valence-corrected chi connectivity index (χ2v) is 6.24. The maximum atomic E-state index is 13.0. The number of ether oxygens (including phenoxy) is 1. The van der Waals surface area contributed by atoms with Gasteiger partial charge < -0.3 is 9.64 Å². The van der Waals surface area contributed by atoms with E-state index in [1.54, 1.807) is 4.90 Å². The van der Waals surface area contributed by atoms with Gasteiger partial charge in [-0.05, 0) is 45.0 Å². The van der Waals surface area contributed by atoms with Gasteiger partial charge in [0, 0.05) is 12.2 Å². The number of nitriles is 1. The van der Waals surface area contributed by atoms with Crippen LogP contribution in [-0.2, 0) is 14.3 Å². The van der Waals surface area contributed by atoms with Crippen LogP contribution in [0.4, 0.5) is 5.69 Å².